The third-order valence-electron chi connectivity index (χ3n) is 4.46. The zero-order valence-corrected chi connectivity index (χ0v) is 18.5. The lowest BCUT2D eigenvalue weighted by Crippen LogP contribution is -2.27. The number of benzene rings is 2. The van der Waals surface area contributed by atoms with E-state index in [0.717, 1.165) is 6.07 Å². The molecule has 0 aromatic heterocycles. The van der Waals surface area contributed by atoms with Crippen LogP contribution in [0.4, 0.5) is 14.5 Å². The van der Waals surface area contributed by atoms with E-state index in [9.17, 15) is 23.7 Å². The van der Waals surface area contributed by atoms with Crippen LogP contribution in [0.3, 0.4) is 0 Å². The number of amides is 1. The molecule has 0 heterocycles. The fourth-order valence-corrected chi connectivity index (χ4v) is 2.93. The van der Waals surface area contributed by atoms with E-state index >= 15 is 0 Å². The first-order chi connectivity index (χ1) is 15.7. The summed E-state index contributed by atoms with van der Waals surface area (Å²) in [6, 6.07) is 6.56. The van der Waals surface area contributed by atoms with Gasteiger partial charge in [0.2, 0.25) is 0 Å². The van der Waals surface area contributed by atoms with Gasteiger partial charge in [-0.05, 0) is 17.7 Å². The van der Waals surface area contributed by atoms with Crippen LogP contribution in [0.1, 0.15) is 15.9 Å². The number of nitro groups is 1. The number of ether oxygens (including phenoxy) is 5. The summed E-state index contributed by atoms with van der Waals surface area (Å²) in [7, 11) is 5.56. The van der Waals surface area contributed by atoms with Crippen LogP contribution in [0.25, 0.3) is 0 Å². The number of methoxy groups -OCH3 is 3. The van der Waals surface area contributed by atoms with Crippen molar-refractivity contribution in [2.45, 2.75) is 13.2 Å². The van der Waals surface area contributed by atoms with Crippen LogP contribution < -0.4 is 18.9 Å². The number of carbonyl (C=O) groups excluding carboxylic acids is 1. The van der Waals surface area contributed by atoms with Gasteiger partial charge in [0, 0.05) is 26.8 Å². The molecule has 0 aliphatic heterocycles. The highest BCUT2D eigenvalue weighted by Gasteiger charge is 2.27. The number of hydrogen-bond donors (Lipinski definition) is 0. The first-order valence-electron chi connectivity index (χ1n) is 9.57. The van der Waals surface area contributed by atoms with Gasteiger partial charge in [-0.1, -0.05) is 6.07 Å². The molecule has 0 saturated carbocycles. The second kappa shape index (κ2) is 11.8. The van der Waals surface area contributed by atoms with Gasteiger partial charge >= 0.3 is 6.61 Å². The number of alkyl halides is 2. The van der Waals surface area contributed by atoms with Crippen molar-refractivity contribution in [1.29, 1.82) is 0 Å². The van der Waals surface area contributed by atoms with Gasteiger partial charge in [-0.3, -0.25) is 14.9 Å². The molecule has 2 rings (SSSR count). The number of halogens is 2. The summed E-state index contributed by atoms with van der Waals surface area (Å²) in [5, 5.41) is 11.6. The summed E-state index contributed by atoms with van der Waals surface area (Å²) in [5.74, 6) is -0.521. The molecule has 0 unspecified atom stereocenters. The highest BCUT2D eigenvalue weighted by molar-refractivity contribution is 5.99. The maximum absolute atomic E-state index is 13.0. The molecule has 0 radical (unpaired) electrons. The maximum atomic E-state index is 13.0. The summed E-state index contributed by atoms with van der Waals surface area (Å²) < 4.78 is 50.0. The molecule has 0 bridgehead atoms. The van der Waals surface area contributed by atoms with E-state index in [2.05, 4.69) is 4.74 Å². The molecule has 33 heavy (non-hydrogen) atoms. The van der Waals surface area contributed by atoms with Crippen molar-refractivity contribution in [3.63, 3.8) is 0 Å². The van der Waals surface area contributed by atoms with Crippen molar-refractivity contribution in [2.75, 3.05) is 41.6 Å². The minimum Gasteiger partial charge on any atom is -0.493 e. The lowest BCUT2D eigenvalue weighted by molar-refractivity contribution is -0.385. The SMILES string of the molecule is COCCOc1cc([N+](=O)[O-])c(C(=O)N(C)Cc2ccc(OC(F)F)c(OC)c2)cc1OC. The van der Waals surface area contributed by atoms with Gasteiger partial charge in [-0.25, -0.2) is 0 Å². The topological polar surface area (TPSA) is 110 Å². The molecule has 2 aromatic carbocycles. The Morgan fingerprint density at radius 3 is 2.27 bits per heavy atom. The van der Waals surface area contributed by atoms with Crippen molar-refractivity contribution in [3.05, 3.63) is 51.6 Å². The van der Waals surface area contributed by atoms with Gasteiger partial charge in [-0.15, -0.1) is 0 Å². The van der Waals surface area contributed by atoms with E-state index < -0.39 is 23.1 Å². The van der Waals surface area contributed by atoms with Crippen molar-refractivity contribution < 1.29 is 42.2 Å². The van der Waals surface area contributed by atoms with Gasteiger partial charge in [0.05, 0.1) is 31.8 Å². The molecule has 12 heteroatoms. The molecule has 10 nitrogen and oxygen atoms in total. The summed E-state index contributed by atoms with van der Waals surface area (Å²) in [6.07, 6.45) is 0. The van der Waals surface area contributed by atoms with E-state index in [-0.39, 0.29) is 48.3 Å². The van der Waals surface area contributed by atoms with E-state index in [4.69, 9.17) is 18.9 Å². The summed E-state index contributed by atoms with van der Waals surface area (Å²) in [5.41, 5.74) is -0.139. The Labute approximate surface area is 188 Å². The highest BCUT2D eigenvalue weighted by Crippen LogP contribution is 2.36. The molecule has 0 aliphatic carbocycles. The van der Waals surface area contributed by atoms with Crippen molar-refractivity contribution in [2.24, 2.45) is 0 Å². The van der Waals surface area contributed by atoms with Crippen LogP contribution in [-0.4, -0.2) is 63.9 Å². The average molecular weight is 470 g/mol. The number of hydrogen-bond acceptors (Lipinski definition) is 8. The molecule has 0 N–H and O–H groups in total. The second-order valence-electron chi connectivity index (χ2n) is 6.64. The zero-order chi connectivity index (χ0) is 24.5. The molecular weight excluding hydrogens is 446 g/mol. The normalized spacial score (nSPS) is 10.6. The molecule has 180 valence electrons. The summed E-state index contributed by atoms with van der Waals surface area (Å²) >= 11 is 0. The van der Waals surface area contributed by atoms with E-state index in [1.54, 1.807) is 0 Å². The third-order valence-corrected chi connectivity index (χ3v) is 4.46. The molecule has 0 atom stereocenters. The monoisotopic (exact) mass is 470 g/mol. The Morgan fingerprint density at radius 2 is 1.70 bits per heavy atom. The summed E-state index contributed by atoms with van der Waals surface area (Å²) in [4.78, 5) is 25.2. The highest BCUT2D eigenvalue weighted by atomic mass is 19.3. The van der Waals surface area contributed by atoms with Gasteiger partial charge in [0.15, 0.2) is 23.0 Å². The number of nitro benzene ring substituents is 1. The van der Waals surface area contributed by atoms with Crippen LogP contribution >= 0.6 is 0 Å². The Bertz CT molecular complexity index is 987. The van der Waals surface area contributed by atoms with Gasteiger partial charge in [0.1, 0.15) is 12.2 Å². The van der Waals surface area contributed by atoms with Crippen molar-refractivity contribution >= 4 is 11.6 Å². The maximum Gasteiger partial charge on any atom is 0.387 e. The van der Waals surface area contributed by atoms with Crippen LogP contribution in [0.2, 0.25) is 0 Å². The molecular formula is C21H24F2N2O8. The van der Waals surface area contributed by atoms with E-state index in [0.29, 0.717) is 5.56 Å². The predicted octanol–water partition coefficient (Wildman–Crippen LogP) is 3.51. The Hall–Kier alpha value is -3.67. The third kappa shape index (κ3) is 6.65. The van der Waals surface area contributed by atoms with E-state index in [1.165, 1.54) is 57.5 Å². The van der Waals surface area contributed by atoms with E-state index in [1.807, 2.05) is 0 Å². The van der Waals surface area contributed by atoms with Crippen LogP contribution in [0.15, 0.2) is 30.3 Å². The van der Waals surface area contributed by atoms with Crippen LogP contribution in [0.5, 0.6) is 23.0 Å². The fraction of sp³-hybridized carbons (Fsp3) is 0.381. The largest absolute Gasteiger partial charge is 0.493 e. The zero-order valence-electron chi connectivity index (χ0n) is 18.5. The Balaban J connectivity index is 2.31. The molecule has 0 spiro atoms. The van der Waals surface area contributed by atoms with Gasteiger partial charge < -0.3 is 28.6 Å². The Kier molecular flexibility index (Phi) is 9.16. The van der Waals surface area contributed by atoms with Crippen molar-refractivity contribution in [3.8, 4) is 23.0 Å². The molecule has 0 fully saturated rings. The summed E-state index contributed by atoms with van der Waals surface area (Å²) in [6.45, 7) is -2.63. The molecule has 0 aliphatic rings. The van der Waals surface area contributed by atoms with Crippen LogP contribution in [-0.2, 0) is 11.3 Å². The molecule has 1 amide bonds. The lowest BCUT2D eigenvalue weighted by atomic mass is 10.1. The lowest BCUT2D eigenvalue weighted by Gasteiger charge is -2.19. The fourth-order valence-electron chi connectivity index (χ4n) is 2.93. The molecule has 0 saturated heterocycles. The Morgan fingerprint density at radius 1 is 1.03 bits per heavy atom. The standard InChI is InChI=1S/C21H24F2N2O8/c1-24(12-13-5-6-16(33-21(22)23)17(9-13)30-3)20(26)14-10-18(31-4)19(32-8-7-29-2)11-15(14)25(27)28/h5-6,9-11,21H,7-8,12H2,1-4H3. The van der Waals surface area contributed by atoms with Gasteiger partial charge in [-0.2, -0.15) is 8.78 Å². The number of rotatable bonds is 12. The van der Waals surface area contributed by atoms with Crippen LogP contribution in [0, 0.1) is 10.1 Å². The predicted molar refractivity (Wildman–Crippen MR) is 112 cm³/mol. The quantitative estimate of drug-likeness (QED) is 0.263. The molecule has 2 aromatic rings. The first-order valence-corrected chi connectivity index (χ1v) is 9.57. The average Bonchev–Trinajstić information content (AvgIpc) is 2.78. The smallest absolute Gasteiger partial charge is 0.387 e. The number of carbonyl (C=O) groups is 1. The first kappa shape index (κ1) is 25.6. The minimum atomic E-state index is -3.02. The second-order valence-corrected chi connectivity index (χ2v) is 6.64. The minimum absolute atomic E-state index is 0.00963. The van der Waals surface area contributed by atoms with Gasteiger partial charge in [0.25, 0.3) is 11.6 Å². The van der Waals surface area contributed by atoms with Crippen molar-refractivity contribution in [1.82, 2.24) is 4.90 Å². The number of nitrogens with zero attached hydrogens (tertiary/aromatic N) is 2.